The molecular weight excluding hydrogens is 412 g/mol. The van der Waals surface area contributed by atoms with Crippen molar-refractivity contribution in [3.63, 3.8) is 0 Å². The van der Waals surface area contributed by atoms with Crippen LogP contribution in [0.4, 0.5) is 4.79 Å². The lowest BCUT2D eigenvalue weighted by atomic mass is 9.92. The number of imide groups is 1. The normalized spacial score (nSPS) is 18.0. The fraction of sp³-hybridized carbons (Fsp3) is 0.130. The van der Waals surface area contributed by atoms with Gasteiger partial charge in [0.2, 0.25) is 0 Å². The summed E-state index contributed by atoms with van der Waals surface area (Å²) in [5.41, 5.74) is 3.27. The van der Waals surface area contributed by atoms with Gasteiger partial charge in [-0.1, -0.05) is 36.4 Å². The fourth-order valence-electron chi connectivity index (χ4n) is 3.23. The van der Waals surface area contributed by atoms with E-state index in [9.17, 15) is 14.4 Å². The predicted octanol–water partition coefficient (Wildman–Crippen LogP) is 3.49. The Balaban J connectivity index is 1.41. The fourth-order valence-corrected chi connectivity index (χ4v) is 4.06. The molecule has 2 N–H and O–H groups in total. The number of amides is 4. The standard InChI is InChI=1S/C23H20N4O3S/c1-23(18-7-3-2-4-8-18)21(29)27(22(30)25-23)26-20(28)17-9-11-19(12-10-17)31-15-16-6-5-13-24-14-16/h2-14H,15H2,1H3,(H,25,30)(H,26,28). The van der Waals surface area contributed by atoms with Crippen LogP contribution in [0.1, 0.15) is 28.4 Å². The van der Waals surface area contributed by atoms with Crippen molar-refractivity contribution in [1.82, 2.24) is 20.7 Å². The lowest BCUT2D eigenvalue weighted by Gasteiger charge is -2.22. The number of hydrogen-bond donors (Lipinski definition) is 2. The number of aromatic nitrogens is 1. The summed E-state index contributed by atoms with van der Waals surface area (Å²) in [6.45, 7) is 1.61. The highest BCUT2D eigenvalue weighted by atomic mass is 32.2. The molecule has 1 aromatic heterocycles. The van der Waals surface area contributed by atoms with Gasteiger partial charge >= 0.3 is 6.03 Å². The number of hydrazine groups is 1. The number of carbonyl (C=O) groups is 3. The maximum atomic E-state index is 12.9. The maximum Gasteiger partial charge on any atom is 0.344 e. The van der Waals surface area contributed by atoms with Crippen LogP contribution in [0.5, 0.6) is 0 Å². The first-order chi connectivity index (χ1) is 15.0. The smallest absolute Gasteiger partial charge is 0.318 e. The summed E-state index contributed by atoms with van der Waals surface area (Å²) >= 11 is 1.62. The van der Waals surface area contributed by atoms with E-state index < -0.39 is 23.4 Å². The van der Waals surface area contributed by atoms with Gasteiger partial charge in [-0.05, 0) is 48.4 Å². The van der Waals surface area contributed by atoms with Gasteiger partial charge in [0.05, 0.1) is 0 Å². The summed E-state index contributed by atoms with van der Waals surface area (Å²) in [5.74, 6) is -0.315. The van der Waals surface area contributed by atoms with Crippen molar-refractivity contribution in [3.8, 4) is 0 Å². The zero-order valence-electron chi connectivity index (χ0n) is 16.7. The molecule has 1 unspecified atom stereocenters. The van der Waals surface area contributed by atoms with Gasteiger partial charge in [0.15, 0.2) is 0 Å². The molecule has 0 aliphatic carbocycles. The molecule has 8 heteroatoms. The Morgan fingerprint density at radius 3 is 2.48 bits per heavy atom. The Labute approximate surface area is 183 Å². The van der Waals surface area contributed by atoms with Crippen molar-refractivity contribution in [2.24, 2.45) is 0 Å². The second kappa shape index (κ2) is 8.61. The zero-order chi connectivity index (χ0) is 21.8. The van der Waals surface area contributed by atoms with Gasteiger partial charge in [-0.3, -0.25) is 20.0 Å². The highest BCUT2D eigenvalue weighted by Gasteiger charge is 2.50. The summed E-state index contributed by atoms with van der Waals surface area (Å²) in [7, 11) is 0. The second-order valence-electron chi connectivity index (χ2n) is 7.18. The molecule has 2 aromatic carbocycles. The van der Waals surface area contributed by atoms with E-state index in [0.717, 1.165) is 21.2 Å². The minimum atomic E-state index is -1.24. The van der Waals surface area contributed by atoms with Gasteiger partial charge in [-0.25, -0.2) is 4.79 Å². The van der Waals surface area contributed by atoms with E-state index in [4.69, 9.17) is 0 Å². The number of pyridine rings is 1. The van der Waals surface area contributed by atoms with Crippen molar-refractivity contribution in [2.45, 2.75) is 23.1 Å². The van der Waals surface area contributed by atoms with E-state index in [2.05, 4.69) is 15.7 Å². The molecule has 31 heavy (non-hydrogen) atoms. The lowest BCUT2D eigenvalue weighted by Crippen LogP contribution is -2.47. The average Bonchev–Trinajstić information content (AvgIpc) is 3.03. The first kappa shape index (κ1) is 20.6. The highest BCUT2D eigenvalue weighted by molar-refractivity contribution is 7.98. The molecule has 1 saturated heterocycles. The van der Waals surface area contributed by atoms with Gasteiger partial charge in [0.1, 0.15) is 5.54 Å². The number of hydrogen-bond acceptors (Lipinski definition) is 5. The second-order valence-corrected chi connectivity index (χ2v) is 8.23. The largest absolute Gasteiger partial charge is 0.344 e. The van der Waals surface area contributed by atoms with Gasteiger partial charge in [0.25, 0.3) is 11.8 Å². The average molecular weight is 433 g/mol. The number of nitrogens with zero attached hydrogens (tertiary/aromatic N) is 2. The minimum absolute atomic E-state index is 0.347. The summed E-state index contributed by atoms with van der Waals surface area (Å²) in [6.07, 6.45) is 3.55. The summed E-state index contributed by atoms with van der Waals surface area (Å²) < 4.78 is 0. The molecule has 1 aliphatic heterocycles. The molecule has 1 aliphatic rings. The molecular formula is C23H20N4O3S. The molecule has 7 nitrogen and oxygen atoms in total. The van der Waals surface area contributed by atoms with Crippen LogP contribution in [0, 0.1) is 0 Å². The number of thioether (sulfide) groups is 1. The highest BCUT2D eigenvalue weighted by Crippen LogP contribution is 2.28. The van der Waals surface area contributed by atoms with Crippen LogP contribution < -0.4 is 10.7 Å². The molecule has 0 spiro atoms. The van der Waals surface area contributed by atoms with Crippen LogP contribution in [0.25, 0.3) is 0 Å². The number of rotatable bonds is 6. The van der Waals surface area contributed by atoms with E-state index in [1.165, 1.54) is 0 Å². The van der Waals surface area contributed by atoms with Crippen LogP contribution in [-0.2, 0) is 16.1 Å². The van der Waals surface area contributed by atoms with Gasteiger partial charge < -0.3 is 5.32 Å². The molecule has 1 atom stereocenters. The Hall–Kier alpha value is -3.65. The minimum Gasteiger partial charge on any atom is -0.318 e. The van der Waals surface area contributed by atoms with E-state index >= 15 is 0 Å². The van der Waals surface area contributed by atoms with E-state index in [1.54, 1.807) is 61.3 Å². The van der Waals surface area contributed by atoms with Gasteiger partial charge in [-0.2, -0.15) is 5.01 Å². The molecule has 4 amide bonds. The van der Waals surface area contributed by atoms with Crippen LogP contribution in [0.2, 0.25) is 0 Å². The summed E-state index contributed by atoms with van der Waals surface area (Å²) in [4.78, 5) is 43.0. The molecule has 4 rings (SSSR count). The summed E-state index contributed by atoms with van der Waals surface area (Å²) in [6, 6.07) is 19.1. The molecule has 3 aromatic rings. The molecule has 0 saturated carbocycles. The molecule has 1 fully saturated rings. The third-order valence-corrected chi connectivity index (χ3v) is 6.08. The van der Waals surface area contributed by atoms with Crippen LogP contribution in [-0.4, -0.2) is 27.8 Å². The molecule has 2 heterocycles. The van der Waals surface area contributed by atoms with Gasteiger partial charge in [0, 0.05) is 28.6 Å². The Morgan fingerprint density at radius 1 is 1.06 bits per heavy atom. The predicted molar refractivity (Wildman–Crippen MR) is 117 cm³/mol. The first-order valence-corrected chi connectivity index (χ1v) is 10.6. The Morgan fingerprint density at radius 2 is 1.81 bits per heavy atom. The third-order valence-electron chi connectivity index (χ3n) is 5.00. The van der Waals surface area contributed by atoms with Crippen molar-refractivity contribution in [2.75, 3.05) is 0 Å². The first-order valence-electron chi connectivity index (χ1n) is 9.62. The lowest BCUT2D eigenvalue weighted by molar-refractivity contribution is -0.132. The van der Waals surface area contributed by atoms with E-state index in [0.29, 0.717) is 11.1 Å². The Kier molecular flexibility index (Phi) is 5.73. The molecule has 0 bridgehead atoms. The quantitative estimate of drug-likeness (QED) is 0.460. The van der Waals surface area contributed by atoms with Crippen molar-refractivity contribution in [3.05, 3.63) is 95.8 Å². The zero-order valence-corrected chi connectivity index (χ0v) is 17.6. The number of carbonyl (C=O) groups excluding carboxylic acids is 3. The number of urea groups is 1. The number of benzene rings is 2. The topological polar surface area (TPSA) is 91.4 Å². The Bertz CT molecular complexity index is 1110. The van der Waals surface area contributed by atoms with Crippen molar-refractivity contribution >= 4 is 29.6 Å². The summed E-state index contributed by atoms with van der Waals surface area (Å²) in [5, 5.41) is 3.40. The van der Waals surface area contributed by atoms with Crippen LogP contribution in [0.3, 0.4) is 0 Å². The maximum absolute atomic E-state index is 12.9. The third kappa shape index (κ3) is 4.29. The van der Waals surface area contributed by atoms with Crippen molar-refractivity contribution in [1.29, 1.82) is 0 Å². The van der Waals surface area contributed by atoms with E-state index in [1.807, 2.05) is 36.5 Å². The molecule has 156 valence electrons. The van der Waals surface area contributed by atoms with Crippen LogP contribution >= 0.6 is 11.8 Å². The SMILES string of the molecule is CC1(c2ccccc2)NC(=O)N(NC(=O)c2ccc(SCc3cccnc3)cc2)C1=O. The monoisotopic (exact) mass is 432 g/mol. The van der Waals surface area contributed by atoms with Gasteiger partial charge in [-0.15, -0.1) is 11.8 Å². The van der Waals surface area contributed by atoms with E-state index in [-0.39, 0.29) is 0 Å². The van der Waals surface area contributed by atoms with Crippen molar-refractivity contribution < 1.29 is 14.4 Å². The van der Waals surface area contributed by atoms with Crippen LogP contribution in [0.15, 0.2) is 84.0 Å². The number of nitrogens with one attached hydrogen (secondary N) is 2. The molecule has 0 radical (unpaired) electrons.